The molecule has 1 fully saturated rings. The molecule has 0 bridgehead atoms. The third-order valence-corrected chi connectivity index (χ3v) is 3.00. The molecule has 0 saturated carbocycles. The molecule has 0 radical (unpaired) electrons. The molecule has 1 aliphatic rings. The van der Waals surface area contributed by atoms with Gasteiger partial charge in [0.25, 0.3) is 0 Å². The number of piperidine rings is 1. The maximum absolute atomic E-state index is 11.8. The Morgan fingerprint density at radius 2 is 2.11 bits per heavy atom. The first-order valence-electron chi connectivity index (χ1n) is 6.20. The van der Waals surface area contributed by atoms with Crippen molar-refractivity contribution in [2.24, 2.45) is 0 Å². The number of nitrogens with one attached hydrogen (secondary N) is 3. The number of urea groups is 1. The van der Waals surface area contributed by atoms with Crippen LogP contribution in [0.5, 0.6) is 5.75 Å². The number of halogens is 1. The molecule has 1 saturated heterocycles. The highest BCUT2D eigenvalue weighted by Gasteiger charge is 2.15. The van der Waals surface area contributed by atoms with Crippen molar-refractivity contribution in [3.8, 4) is 5.75 Å². The van der Waals surface area contributed by atoms with Crippen molar-refractivity contribution in [2.75, 3.05) is 25.5 Å². The molecule has 1 heterocycles. The van der Waals surface area contributed by atoms with Gasteiger partial charge in [-0.15, -0.1) is 12.4 Å². The van der Waals surface area contributed by atoms with Crippen molar-refractivity contribution in [2.45, 2.75) is 18.9 Å². The normalized spacial score (nSPS) is 15.2. The lowest BCUT2D eigenvalue weighted by Crippen LogP contribution is -2.44. The van der Waals surface area contributed by atoms with E-state index < -0.39 is 0 Å². The van der Waals surface area contributed by atoms with Gasteiger partial charge in [-0.05, 0) is 38.1 Å². The smallest absolute Gasteiger partial charge is 0.319 e. The van der Waals surface area contributed by atoms with E-state index in [2.05, 4.69) is 16.0 Å². The number of hydrogen-bond donors (Lipinski definition) is 3. The van der Waals surface area contributed by atoms with Crippen LogP contribution < -0.4 is 20.7 Å². The fraction of sp³-hybridized carbons (Fsp3) is 0.462. The van der Waals surface area contributed by atoms with Crippen molar-refractivity contribution in [1.29, 1.82) is 0 Å². The average Bonchev–Trinajstić information content (AvgIpc) is 2.40. The minimum Gasteiger partial charge on any atom is -0.497 e. The van der Waals surface area contributed by atoms with Crippen LogP contribution in [0.2, 0.25) is 0 Å². The number of carbonyl (C=O) groups is 1. The first-order chi connectivity index (χ1) is 8.78. The number of rotatable bonds is 3. The summed E-state index contributed by atoms with van der Waals surface area (Å²) in [6, 6.07) is 7.42. The zero-order valence-corrected chi connectivity index (χ0v) is 11.8. The van der Waals surface area contributed by atoms with Crippen molar-refractivity contribution in [1.82, 2.24) is 10.6 Å². The van der Waals surface area contributed by atoms with Crippen LogP contribution in [0.3, 0.4) is 0 Å². The van der Waals surface area contributed by atoms with Gasteiger partial charge in [0, 0.05) is 17.8 Å². The Balaban J connectivity index is 0.00000180. The minimum atomic E-state index is -0.157. The van der Waals surface area contributed by atoms with Crippen molar-refractivity contribution in [3.63, 3.8) is 0 Å². The predicted octanol–water partition coefficient (Wildman–Crippen LogP) is 1.99. The molecule has 19 heavy (non-hydrogen) atoms. The summed E-state index contributed by atoms with van der Waals surface area (Å²) in [5.74, 6) is 0.731. The molecule has 106 valence electrons. The molecule has 3 N–H and O–H groups in total. The monoisotopic (exact) mass is 285 g/mol. The van der Waals surface area contributed by atoms with Crippen molar-refractivity contribution < 1.29 is 9.53 Å². The van der Waals surface area contributed by atoms with Crippen LogP contribution in [-0.4, -0.2) is 32.3 Å². The first-order valence-corrected chi connectivity index (χ1v) is 6.20. The number of anilines is 1. The third-order valence-electron chi connectivity index (χ3n) is 3.00. The van der Waals surface area contributed by atoms with Crippen LogP contribution in [-0.2, 0) is 0 Å². The molecule has 5 nitrogen and oxygen atoms in total. The van der Waals surface area contributed by atoms with E-state index in [4.69, 9.17) is 4.74 Å². The standard InChI is InChI=1S/C13H19N3O2.ClH/c1-18-12-4-2-3-11(9-12)16-13(17)15-10-5-7-14-8-6-10;/h2-4,9-10,14H,5-8H2,1H3,(H2,15,16,17);1H. The lowest BCUT2D eigenvalue weighted by Gasteiger charge is -2.23. The summed E-state index contributed by atoms with van der Waals surface area (Å²) in [6.45, 7) is 1.92. The van der Waals surface area contributed by atoms with Crippen LogP contribution in [0, 0.1) is 0 Å². The van der Waals surface area contributed by atoms with Gasteiger partial charge in [-0.3, -0.25) is 0 Å². The summed E-state index contributed by atoms with van der Waals surface area (Å²) in [5, 5.41) is 9.05. The summed E-state index contributed by atoms with van der Waals surface area (Å²) in [7, 11) is 1.61. The summed E-state index contributed by atoms with van der Waals surface area (Å²) in [5.41, 5.74) is 0.737. The summed E-state index contributed by atoms with van der Waals surface area (Å²) in [4.78, 5) is 11.8. The quantitative estimate of drug-likeness (QED) is 0.796. The van der Waals surface area contributed by atoms with E-state index in [9.17, 15) is 4.79 Å². The number of benzene rings is 1. The molecule has 0 spiro atoms. The topological polar surface area (TPSA) is 62.4 Å². The highest BCUT2D eigenvalue weighted by Crippen LogP contribution is 2.16. The molecule has 2 rings (SSSR count). The molecule has 1 aromatic rings. The largest absolute Gasteiger partial charge is 0.497 e. The molecule has 6 heteroatoms. The Labute approximate surface area is 119 Å². The molecule has 0 aliphatic carbocycles. The molecular weight excluding hydrogens is 266 g/mol. The summed E-state index contributed by atoms with van der Waals surface area (Å²) >= 11 is 0. The minimum absolute atomic E-state index is 0. The predicted molar refractivity (Wildman–Crippen MR) is 78.3 cm³/mol. The molecule has 2 amide bonds. The Morgan fingerprint density at radius 3 is 2.79 bits per heavy atom. The van der Waals surface area contributed by atoms with Gasteiger partial charge in [0.15, 0.2) is 0 Å². The summed E-state index contributed by atoms with van der Waals surface area (Å²) in [6.07, 6.45) is 1.96. The maximum Gasteiger partial charge on any atom is 0.319 e. The molecule has 1 aliphatic heterocycles. The summed E-state index contributed by atoms with van der Waals surface area (Å²) < 4.78 is 5.11. The van der Waals surface area contributed by atoms with E-state index in [0.29, 0.717) is 0 Å². The van der Waals surface area contributed by atoms with Crippen LogP contribution in [0.25, 0.3) is 0 Å². The number of amides is 2. The Hall–Kier alpha value is -1.46. The fourth-order valence-corrected chi connectivity index (χ4v) is 2.02. The SMILES string of the molecule is COc1cccc(NC(=O)NC2CCNCC2)c1.Cl. The number of methoxy groups -OCH3 is 1. The second-order valence-corrected chi connectivity index (χ2v) is 4.35. The highest BCUT2D eigenvalue weighted by molar-refractivity contribution is 5.89. The number of carbonyl (C=O) groups excluding carboxylic acids is 1. The molecule has 0 aromatic heterocycles. The Kier molecular flexibility index (Phi) is 6.45. The van der Waals surface area contributed by atoms with Crippen LogP contribution in [0.15, 0.2) is 24.3 Å². The van der Waals surface area contributed by atoms with E-state index in [1.165, 1.54) is 0 Å². The van der Waals surface area contributed by atoms with E-state index in [-0.39, 0.29) is 24.5 Å². The zero-order valence-electron chi connectivity index (χ0n) is 10.9. The van der Waals surface area contributed by atoms with Crippen LogP contribution in [0.1, 0.15) is 12.8 Å². The van der Waals surface area contributed by atoms with Gasteiger partial charge in [-0.2, -0.15) is 0 Å². The number of hydrogen-bond acceptors (Lipinski definition) is 3. The van der Waals surface area contributed by atoms with E-state index in [1.807, 2.05) is 18.2 Å². The third kappa shape index (κ3) is 4.96. The van der Waals surface area contributed by atoms with Crippen molar-refractivity contribution in [3.05, 3.63) is 24.3 Å². The lowest BCUT2D eigenvalue weighted by molar-refractivity contribution is 0.245. The fourth-order valence-electron chi connectivity index (χ4n) is 2.02. The Morgan fingerprint density at radius 1 is 1.37 bits per heavy atom. The van der Waals surface area contributed by atoms with Gasteiger partial charge in [-0.1, -0.05) is 6.07 Å². The van der Waals surface area contributed by atoms with Crippen LogP contribution >= 0.6 is 12.4 Å². The molecule has 0 atom stereocenters. The first kappa shape index (κ1) is 15.6. The van der Waals surface area contributed by atoms with Gasteiger partial charge >= 0.3 is 6.03 Å². The van der Waals surface area contributed by atoms with Gasteiger partial charge in [-0.25, -0.2) is 4.79 Å². The molecular formula is C13H20ClN3O2. The van der Waals surface area contributed by atoms with Gasteiger partial charge < -0.3 is 20.7 Å². The number of ether oxygens (including phenoxy) is 1. The van der Waals surface area contributed by atoms with Gasteiger partial charge in [0.1, 0.15) is 5.75 Å². The molecule has 0 unspecified atom stereocenters. The van der Waals surface area contributed by atoms with Gasteiger partial charge in [0.2, 0.25) is 0 Å². The van der Waals surface area contributed by atoms with E-state index in [1.54, 1.807) is 13.2 Å². The average molecular weight is 286 g/mol. The van der Waals surface area contributed by atoms with Gasteiger partial charge in [0.05, 0.1) is 7.11 Å². The van der Waals surface area contributed by atoms with Crippen LogP contribution in [0.4, 0.5) is 10.5 Å². The Bertz CT molecular complexity index is 409. The highest BCUT2D eigenvalue weighted by atomic mass is 35.5. The maximum atomic E-state index is 11.8. The van der Waals surface area contributed by atoms with E-state index in [0.717, 1.165) is 37.4 Å². The molecule has 1 aromatic carbocycles. The van der Waals surface area contributed by atoms with E-state index >= 15 is 0 Å². The second kappa shape index (κ2) is 7.86. The lowest BCUT2D eigenvalue weighted by atomic mass is 10.1. The zero-order chi connectivity index (χ0) is 12.8. The second-order valence-electron chi connectivity index (χ2n) is 4.35. The van der Waals surface area contributed by atoms with Crippen molar-refractivity contribution >= 4 is 24.1 Å².